The van der Waals surface area contributed by atoms with Crippen molar-refractivity contribution in [3.05, 3.63) is 20.8 Å². The van der Waals surface area contributed by atoms with E-state index in [1.807, 2.05) is 11.4 Å². The third-order valence-corrected chi connectivity index (χ3v) is 5.31. The van der Waals surface area contributed by atoms with E-state index in [1.54, 1.807) is 13.8 Å². The zero-order valence-electron chi connectivity index (χ0n) is 13.4. The summed E-state index contributed by atoms with van der Waals surface area (Å²) in [5, 5.41) is 4.70. The van der Waals surface area contributed by atoms with Gasteiger partial charge in [-0.15, -0.1) is 11.3 Å². The molecule has 0 bridgehead atoms. The highest BCUT2D eigenvalue weighted by molar-refractivity contribution is 9.10. The molecule has 0 saturated carbocycles. The summed E-state index contributed by atoms with van der Waals surface area (Å²) in [6.07, 6.45) is 4.77. The molecule has 4 nitrogen and oxygen atoms in total. The number of hydrogen-bond donors (Lipinski definition) is 1. The second-order valence-corrected chi connectivity index (χ2v) is 7.19. The fourth-order valence-electron chi connectivity index (χ4n) is 2.17. The van der Waals surface area contributed by atoms with Gasteiger partial charge < -0.3 is 10.1 Å². The number of thiophene rings is 1. The van der Waals surface area contributed by atoms with E-state index in [4.69, 9.17) is 4.74 Å². The van der Waals surface area contributed by atoms with Gasteiger partial charge in [0.1, 0.15) is 10.4 Å². The first-order valence-electron chi connectivity index (χ1n) is 7.67. The molecule has 1 aromatic rings. The van der Waals surface area contributed by atoms with Gasteiger partial charge >= 0.3 is 5.97 Å². The van der Waals surface area contributed by atoms with Crippen molar-refractivity contribution >= 4 is 39.1 Å². The molecule has 0 spiro atoms. The number of rotatable bonds is 9. The minimum absolute atomic E-state index is 0.243. The molecule has 0 aromatic carbocycles. The number of esters is 1. The summed E-state index contributed by atoms with van der Waals surface area (Å²) < 4.78 is 5.89. The SMILES string of the molecule is CCCCCCC(C)(NC(=O)c1sccc1Br)C(=O)OCC. The number of halogens is 1. The summed E-state index contributed by atoms with van der Waals surface area (Å²) in [7, 11) is 0. The van der Waals surface area contributed by atoms with Gasteiger partial charge in [-0.25, -0.2) is 4.79 Å². The number of hydrogen-bond acceptors (Lipinski definition) is 4. The number of carbonyl (C=O) groups is 2. The van der Waals surface area contributed by atoms with E-state index in [0.29, 0.717) is 17.9 Å². The van der Waals surface area contributed by atoms with Crippen molar-refractivity contribution in [3.8, 4) is 0 Å². The standard InChI is InChI=1S/C16H24BrNO3S/c1-4-6-7-8-10-16(3,15(20)21-5-2)18-14(19)13-12(17)9-11-22-13/h9,11H,4-8,10H2,1-3H3,(H,18,19). The molecule has 0 fully saturated rings. The van der Waals surface area contributed by atoms with E-state index in [2.05, 4.69) is 28.2 Å². The summed E-state index contributed by atoms with van der Waals surface area (Å²) >= 11 is 4.69. The van der Waals surface area contributed by atoms with Crippen molar-refractivity contribution in [3.63, 3.8) is 0 Å². The minimum atomic E-state index is -0.982. The molecule has 0 aliphatic rings. The Hall–Kier alpha value is -0.880. The Morgan fingerprint density at radius 3 is 2.59 bits per heavy atom. The summed E-state index contributed by atoms with van der Waals surface area (Å²) in [4.78, 5) is 25.2. The van der Waals surface area contributed by atoms with Crippen molar-refractivity contribution in [2.45, 2.75) is 58.4 Å². The van der Waals surface area contributed by atoms with Crippen LogP contribution >= 0.6 is 27.3 Å². The molecule has 1 heterocycles. The third kappa shape index (κ3) is 5.39. The molecule has 1 unspecified atom stereocenters. The molecule has 0 aliphatic carbocycles. The molecule has 1 amide bonds. The lowest BCUT2D eigenvalue weighted by molar-refractivity contribution is -0.150. The summed E-state index contributed by atoms with van der Waals surface area (Å²) in [5.41, 5.74) is -0.982. The summed E-state index contributed by atoms with van der Waals surface area (Å²) in [6.45, 7) is 5.96. The van der Waals surface area contributed by atoms with Crippen LogP contribution in [0.4, 0.5) is 0 Å². The zero-order chi connectivity index (χ0) is 16.6. The predicted molar refractivity (Wildman–Crippen MR) is 93.3 cm³/mol. The smallest absolute Gasteiger partial charge is 0.331 e. The number of unbranched alkanes of at least 4 members (excludes halogenated alkanes) is 3. The van der Waals surface area contributed by atoms with Crippen molar-refractivity contribution in [2.75, 3.05) is 6.61 Å². The Balaban J connectivity index is 2.78. The van der Waals surface area contributed by atoms with Crippen LogP contribution in [0.2, 0.25) is 0 Å². The van der Waals surface area contributed by atoms with Crippen molar-refractivity contribution in [1.82, 2.24) is 5.32 Å². The highest BCUT2D eigenvalue weighted by atomic mass is 79.9. The topological polar surface area (TPSA) is 55.4 Å². The van der Waals surface area contributed by atoms with Gasteiger partial charge in [0.2, 0.25) is 0 Å². The molecule has 1 rings (SSSR count). The van der Waals surface area contributed by atoms with E-state index >= 15 is 0 Å². The van der Waals surface area contributed by atoms with Gasteiger partial charge in [-0.05, 0) is 47.6 Å². The van der Waals surface area contributed by atoms with Crippen LogP contribution in [0.3, 0.4) is 0 Å². The van der Waals surface area contributed by atoms with Crippen molar-refractivity contribution in [2.24, 2.45) is 0 Å². The predicted octanol–water partition coefficient (Wildman–Crippen LogP) is 4.53. The average Bonchev–Trinajstić information content (AvgIpc) is 2.90. The Morgan fingerprint density at radius 2 is 2.05 bits per heavy atom. The van der Waals surface area contributed by atoms with Gasteiger partial charge in [0.05, 0.1) is 6.61 Å². The first-order chi connectivity index (χ1) is 10.4. The molecule has 0 saturated heterocycles. The number of amides is 1. The molecule has 22 heavy (non-hydrogen) atoms. The average molecular weight is 390 g/mol. The Labute approximate surface area is 144 Å². The normalized spacial score (nSPS) is 13.5. The van der Waals surface area contributed by atoms with Gasteiger partial charge in [-0.1, -0.05) is 32.6 Å². The number of ether oxygens (including phenoxy) is 1. The Bertz CT molecular complexity index is 503. The van der Waals surface area contributed by atoms with Crippen LogP contribution in [0.1, 0.15) is 62.5 Å². The fourth-order valence-corrected chi connectivity index (χ4v) is 3.62. The van der Waals surface area contributed by atoms with Crippen LogP contribution < -0.4 is 5.32 Å². The monoisotopic (exact) mass is 389 g/mol. The lowest BCUT2D eigenvalue weighted by atomic mass is 9.93. The third-order valence-electron chi connectivity index (χ3n) is 3.47. The Kier molecular flexibility index (Phi) is 8.10. The van der Waals surface area contributed by atoms with Gasteiger partial charge in [0.25, 0.3) is 5.91 Å². The largest absolute Gasteiger partial charge is 0.464 e. The molecular formula is C16H24BrNO3S. The van der Waals surface area contributed by atoms with Crippen LogP contribution in [0, 0.1) is 0 Å². The van der Waals surface area contributed by atoms with E-state index in [-0.39, 0.29) is 11.9 Å². The van der Waals surface area contributed by atoms with Gasteiger partial charge in [0, 0.05) is 4.47 Å². The second-order valence-electron chi connectivity index (χ2n) is 5.42. The van der Waals surface area contributed by atoms with Crippen molar-refractivity contribution in [1.29, 1.82) is 0 Å². The Morgan fingerprint density at radius 1 is 1.32 bits per heavy atom. The minimum Gasteiger partial charge on any atom is -0.464 e. The van der Waals surface area contributed by atoms with Gasteiger partial charge in [0.15, 0.2) is 0 Å². The molecule has 1 aromatic heterocycles. The molecule has 124 valence electrons. The molecule has 1 atom stereocenters. The molecule has 0 aliphatic heterocycles. The van der Waals surface area contributed by atoms with Crippen LogP contribution in [-0.4, -0.2) is 24.0 Å². The molecular weight excluding hydrogens is 366 g/mol. The quantitative estimate of drug-likeness (QED) is 0.498. The molecule has 1 N–H and O–H groups in total. The van der Waals surface area contributed by atoms with Crippen LogP contribution in [0.5, 0.6) is 0 Å². The lowest BCUT2D eigenvalue weighted by Crippen LogP contribution is -2.53. The maximum Gasteiger partial charge on any atom is 0.331 e. The maximum absolute atomic E-state index is 12.4. The van der Waals surface area contributed by atoms with Crippen molar-refractivity contribution < 1.29 is 14.3 Å². The number of carbonyl (C=O) groups excluding carboxylic acids is 2. The molecule has 0 radical (unpaired) electrons. The van der Waals surface area contributed by atoms with Crippen LogP contribution in [0.25, 0.3) is 0 Å². The first kappa shape index (κ1) is 19.2. The summed E-state index contributed by atoms with van der Waals surface area (Å²) in [6, 6.07) is 1.82. The maximum atomic E-state index is 12.4. The summed E-state index contributed by atoms with van der Waals surface area (Å²) in [5.74, 6) is -0.611. The van der Waals surface area contributed by atoms with Crippen LogP contribution in [0.15, 0.2) is 15.9 Å². The second kappa shape index (κ2) is 9.30. The fraction of sp³-hybridized carbons (Fsp3) is 0.625. The lowest BCUT2D eigenvalue weighted by Gasteiger charge is -2.28. The van der Waals surface area contributed by atoms with E-state index < -0.39 is 5.54 Å². The van der Waals surface area contributed by atoms with Gasteiger partial charge in [-0.2, -0.15) is 0 Å². The van der Waals surface area contributed by atoms with E-state index in [1.165, 1.54) is 11.3 Å². The van der Waals surface area contributed by atoms with Crippen LogP contribution in [-0.2, 0) is 9.53 Å². The van der Waals surface area contributed by atoms with E-state index in [9.17, 15) is 9.59 Å². The van der Waals surface area contributed by atoms with Gasteiger partial charge in [-0.3, -0.25) is 4.79 Å². The van der Waals surface area contributed by atoms with E-state index in [0.717, 1.165) is 30.2 Å². The highest BCUT2D eigenvalue weighted by Crippen LogP contribution is 2.25. The first-order valence-corrected chi connectivity index (χ1v) is 9.34. The zero-order valence-corrected chi connectivity index (χ0v) is 15.8. The molecule has 6 heteroatoms. The number of nitrogens with one attached hydrogen (secondary N) is 1. The highest BCUT2D eigenvalue weighted by Gasteiger charge is 2.36.